The third-order valence-corrected chi connectivity index (χ3v) is 8.52. The molecule has 6 rings (SSSR count). The lowest BCUT2D eigenvalue weighted by atomic mass is 9.90. The SMILES string of the molecule is CCOc1cc([C@H](C)c2cccc(C(F)(F)F)c2)cc(F)c1-c1nc([C@@H]2CC[C@H]3CCC(=O)N3C2)n2ccnc(N)c12. The number of aromatic nitrogens is 3. The molecule has 2 aromatic heterocycles. The van der Waals surface area contributed by atoms with Crippen LogP contribution in [0.25, 0.3) is 16.8 Å². The first-order chi connectivity index (χ1) is 20.1. The van der Waals surface area contributed by atoms with Crippen LogP contribution in [0.4, 0.5) is 23.4 Å². The first-order valence-corrected chi connectivity index (χ1v) is 14.1. The van der Waals surface area contributed by atoms with Crippen LogP contribution in [0.3, 0.4) is 0 Å². The maximum absolute atomic E-state index is 16.2. The van der Waals surface area contributed by atoms with E-state index in [9.17, 15) is 18.0 Å². The van der Waals surface area contributed by atoms with Gasteiger partial charge in [-0.2, -0.15) is 13.2 Å². The number of hydrogen-bond acceptors (Lipinski definition) is 5. The number of piperidine rings is 1. The molecule has 220 valence electrons. The minimum atomic E-state index is -4.49. The molecule has 0 spiro atoms. The molecule has 2 saturated heterocycles. The lowest BCUT2D eigenvalue weighted by Gasteiger charge is -2.34. The van der Waals surface area contributed by atoms with Crippen LogP contribution >= 0.6 is 0 Å². The van der Waals surface area contributed by atoms with E-state index in [0.717, 1.165) is 31.4 Å². The van der Waals surface area contributed by atoms with Gasteiger partial charge in [-0.15, -0.1) is 0 Å². The van der Waals surface area contributed by atoms with Crippen molar-refractivity contribution in [2.45, 2.75) is 63.6 Å². The number of nitrogens with two attached hydrogens (primary N) is 1. The molecule has 42 heavy (non-hydrogen) atoms. The van der Waals surface area contributed by atoms with Gasteiger partial charge in [0.25, 0.3) is 0 Å². The van der Waals surface area contributed by atoms with Crippen molar-refractivity contribution in [1.82, 2.24) is 19.3 Å². The highest BCUT2D eigenvalue weighted by Gasteiger charge is 2.39. The van der Waals surface area contributed by atoms with Crippen LogP contribution in [0.15, 0.2) is 48.8 Å². The van der Waals surface area contributed by atoms with E-state index in [2.05, 4.69) is 4.98 Å². The fourth-order valence-corrected chi connectivity index (χ4v) is 6.35. The number of carbonyl (C=O) groups is 1. The van der Waals surface area contributed by atoms with Crippen molar-refractivity contribution in [3.05, 3.63) is 77.1 Å². The summed E-state index contributed by atoms with van der Waals surface area (Å²) in [5.74, 6) is -0.0879. The van der Waals surface area contributed by atoms with Crippen LogP contribution in [-0.2, 0) is 11.0 Å². The monoisotopic (exact) mass is 581 g/mol. The molecule has 11 heteroatoms. The number of fused-ring (bicyclic) bond motifs is 2. The van der Waals surface area contributed by atoms with Gasteiger partial charge in [-0.25, -0.2) is 14.4 Å². The van der Waals surface area contributed by atoms with E-state index < -0.39 is 23.5 Å². The molecule has 2 aromatic carbocycles. The van der Waals surface area contributed by atoms with Crippen LogP contribution in [0, 0.1) is 5.82 Å². The average Bonchev–Trinajstić information content (AvgIpc) is 3.53. The Bertz CT molecular complexity index is 1670. The Morgan fingerprint density at radius 3 is 2.71 bits per heavy atom. The van der Waals surface area contributed by atoms with Gasteiger partial charge in [0.05, 0.1) is 17.7 Å². The van der Waals surface area contributed by atoms with E-state index >= 15 is 4.39 Å². The van der Waals surface area contributed by atoms with Gasteiger partial charge in [-0.05, 0) is 55.5 Å². The Morgan fingerprint density at radius 1 is 1.14 bits per heavy atom. The Balaban J connectivity index is 1.45. The Morgan fingerprint density at radius 2 is 1.95 bits per heavy atom. The average molecular weight is 582 g/mol. The molecule has 2 aliphatic rings. The predicted molar refractivity (Wildman–Crippen MR) is 150 cm³/mol. The summed E-state index contributed by atoms with van der Waals surface area (Å²) < 4.78 is 64.0. The number of rotatable bonds is 6. The summed E-state index contributed by atoms with van der Waals surface area (Å²) in [6.07, 6.45) is 1.91. The number of amides is 1. The normalized spacial score (nSPS) is 19.8. The van der Waals surface area contributed by atoms with Crippen molar-refractivity contribution in [3.8, 4) is 17.0 Å². The van der Waals surface area contributed by atoms with Crippen LogP contribution in [-0.4, -0.2) is 44.4 Å². The number of halogens is 4. The van der Waals surface area contributed by atoms with Crippen molar-refractivity contribution >= 4 is 17.2 Å². The van der Waals surface area contributed by atoms with Crippen molar-refractivity contribution in [2.24, 2.45) is 0 Å². The van der Waals surface area contributed by atoms with E-state index in [4.69, 9.17) is 15.5 Å². The van der Waals surface area contributed by atoms with Crippen LogP contribution in [0.5, 0.6) is 5.75 Å². The molecule has 0 aliphatic carbocycles. The highest BCUT2D eigenvalue weighted by molar-refractivity contribution is 5.88. The number of anilines is 1. The zero-order valence-corrected chi connectivity index (χ0v) is 23.3. The van der Waals surface area contributed by atoms with Crippen molar-refractivity contribution in [3.63, 3.8) is 0 Å². The third-order valence-electron chi connectivity index (χ3n) is 8.52. The topological polar surface area (TPSA) is 85.8 Å². The van der Waals surface area contributed by atoms with E-state index in [1.807, 2.05) is 9.30 Å². The second-order valence-corrected chi connectivity index (χ2v) is 11.0. The number of nitrogens with zero attached hydrogens (tertiary/aromatic N) is 4. The molecule has 1 amide bonds. The summed E-state index contributed by atoms with van der Waals surface area (Å²) in [6, 6.07) is 8.25. The zero-order chi connectivity index (χ0) is 29.8. The maximum atomic E-state index is 16.2. The standard InChI is InChI=1S/C31H31F4N5O2/c1-3-42-24-15-20(17(2)18-5-4-6-21(13-18)31(33,34)35)14-23(32)26(24)27-28-29(36)37-11-12-39(28)30(38-27)19-7-8-22-9-10-25(41)40(22)16-19/h4-6,11-15,17,19,22H,3,7-10,16H2,1-2H3,(H2,36,37)/t17-,19-,22+/m1/s1. The van der Waals surface area contributed by atoms with Crippen LogP contribution in [0.1, 0.15) is 73.9 Å². The number of ether oxygens (including phenoxy) is 1. The molecule has 0 unspecified atom stereocenters. The molecule has 7 nitrogen and oxygen atoms in total. The largest absolute Gasteiger partial charge is 0.493 e. The van der Waals surface area contributed by atoms with Gasteiger partial charge in [0.15, 0.2) is 0 Å². The van der Waals surface area contributed by atoms with Gasteiger partial charge in [-0.3, -0.25) is 9.20 Å². The molecular formula is C31H31F4N5O2. The summed E-state index contributed by atoms with van der Waals surface area (Å²) >= 11 is 0. The molecule has 2 N–H and O–H groups in total. The van der Waals surface area contributed by atoms with Gasteiger partial charge in [0.2, 0.25) is 5.91 Å². The number of benzene rings is 2. The first kappa shape index (κ1) is 28.0. The molecule has 0 radical (unpaired) electrons. The molecule has 4 heterocycles. The molecule has 2 aliphatic heterocycles. The van der Waals surface area contributed by atoms with Crippen molar-refractivity contribution < 1.29 is 27.1 Å². The highest BCUT2D eigenvalue weighted by Crippen LogP contribution is 2.43. The van der Waals surface area contributed by atoms with E-state index in [0.29, 0.717) is 35.4 Å². The predicted octanol–water partition coefficient (Wildman–Crippen LogP) is 6.56. The second-order valence-electron chi connectivity index (χ2n) is 11.0. The number of alkyl halides is 3. The van der Waals surface area contributed by atoms with Gasteiger partial charge < -0.3 is 15.4 Å². The van der Waals surface area contributed by atoms with Crippen LogP contribution in [0.2, 0.25) is 0 Å². The van der Waals surface area contributed by atoms with E-state index in [1.165, 1.54) is 12.1 Å². The lowest BCUT2D eigenvalue weighted by Crippen LogP contribution is -2.41. The number of carbonyl (C=O) groups excluding carboxylic acids is 1. The van der Waals surface area contributed by atoms with Gasteiger partial charge in [0.1, 0.15) is 34.4 Å². The zero-order valence-electron chi connectivity index (χ0n) is 23.3. The maximum Gasteiger partial charge on any atom is 0.416 e. The van der Waals surface area contributed by atoms with Gasteiger partial charge >= 0.3 is 6.18 Å². The molecule has 0 saturated carbocycles. The number of nitrogen functional groups attached to an aromatic ring is 1. The van der Waals surface area contributed by atoms with E-state index in [1.54, 1.807) is 38.4 Å². The quantitative estimate of drug-likeness (QED) is 0.261. The molecule has 3 atom stereocenters. The van der Waals surface area contributed by atoms with Crippen molar-refractivity contribution in [2.75, 3.05) is 18.9 Å². The smallest absolute Gasteiger partial charge is 0.416 e. The summed E-state index contributed by atoms with van der Waals surface area (Å²) in [6.45, 7) is 4.24. The highest BCUT2D eigenvalue weighted by atomic mass is 19.4. The fraction of sp³-hybridized carbons (Fsp3) is 0.387. The van der Waals surface area contributed by atoms with Crippen molar-refractivity contribution in [1.29, 1.82) is 0 Å². The Hall–Kier alpha value is -4.15. The van der Waals surface area contributed by atoms with Gasteiger partial charge in [-0.1, -0.05) is 25.1 Å². The summed E-state index contributed by atoms with van der Waals surface area (Å²) in [7, 11) is 0. The molecular weight excluding hydrogens is 550 g/mol. The second kappa shape index (κ2) is 10.6. The Kier molecular flexibility index (Phi) is 7.06. The summed E-state index contributed by atoms with van der Waals surface area (Å²) in [5.41, 5.74) is 7.22. The minimum absolute atomic E-state index is 0.0786. The third kappa shape index (κ3) is 4.84. The summed E-state index contributed by atoms with van der Waals surface area (Å²) in [5, 5.41) is 0. The Labute approximate surface area is 240 Å². The minimum Gasteiger partial charge on any atom is -0.493 e. The lowest BCUT2D eigenvalue weighted by molar-refractivity contribution is -0.137. The summed E-state index contributed by atoms with van der Waals surface area (Å²) in [4.78, 5) is 23.6. The van der Waals surface area contributed by atoms with E-state index in [-0.39, 0.29) is 47.3 Å². The van der Waals surface area contributed by atoms with Gasteiger partial charge in [0, 0.05) is 43.2 Å². The van der Waals surface area contributed by atoms with Crippen LogP contribution < -0.4 is 10.5 Å². The molecule has 4 aromatic rings. The number of hydrogen-bond donors (Lipinski definition) is 1. The molecule has 0 bridgehead atoms. The molecule has 2 fully saturated rings. The fourth-order valence-electron chi connectivity index (χ4n) is 6.35. The first-order valence-electron chi connectivity index (χ1n) is 14.1. The number of imidazole rings is 1.